The molecule has 2 heterocycles. The summed E-state index contributed by atoms with van der Waals surface area (Å²) >= 11 is 1.64. The van der Waals surface area contributed by atoms with Gasteiger partial charge >= 0.3 is 0 Å². The van der Waals surface area contributed by atoms with Gasteiger partial charge in [0.2, 0.25) is 0 Å². The molecule has 0 saturated carbocycles. The van der Waals surface area contributed by atoms with Crippen molar-refractivity contribution in [1.82, 2.24) is 15.3 Å². The van der Waals surface area contributed by atoms with Crippen LogP contribution in [0.15, 0.2) is 46.4 Å². The molecular formula is C11H13N3OS. The molecule has 84 valence electrons. The molecule has 16 heavy (non-hydrogen) atoms. The highest BCUT2D eigenvalue weighted by molar-refractivity contribution is 7.99. The highest BCUT2D eigenvalue weighted by atomic mass is 32.2. The van der Waals surface area contributed by atoms with Crippen molar-refractivity contribution in [3.63, 3.8) is 0 Å². The number of rotatable bonds is 6. The van der Waals surface area contributed by atoms with Crippen LogP contribution in [0.4, 0.5) is 0 Å². The van der Waals surface area contributed by atoms with Gasteiger partial charge in [0.1, 0.15) is 5.76 Å². The van der Waals surface area contributed by atoms with E-state index in [1.54, 1.807) is 30.4 Å². The van der Waals surface area contributed by atoms with Gasteiger partial charge in [-0.25, -0.2) is 9.97 Å². The van der Waals surface area contributed by atoms with Crippen molar-refractivity contribution >= 4 is 11.8 Å². The van der Waals surface area contributed by atoms with Crippen molar-refractivity contribution in [1.29, 1.82) is 0 Å². The first-order valence-corrected chi connectivity index (χ1v) is 6.06. The van der Waals surface area contributed by atoms with Crippen molar-refractivity contribution in [3.05, 3.63) is 42.6 Å². The molecule has 1 N–H and O–H groups in total. The molecule has 0 spiro atoms. The largest absolute Gasteiger partial charge is 0.468 e. The Balaban J connectivity index is 1.59. The highest BCUT2D eigenvalue weighted by Gasteiger charge is 1.96. The zero-order chi connectivity index (χ0) is 11.1. The standard InChI is InChI=1S/C11H13N3OS/c1-3-10(15-7-1)9-12-6-8-16-11-13-4-2-5-14-11/h1-5,7,12H,6,8-9H2. The van der Waals surface area contributed by atoms with Crippen LogP contribution in [0.3, 0.4) is 0 Å². The molecule has 2 aromatic heterocycles. The van der Waals surface area contributed by atoms with Crippen LogP contribution in [-0.2, 0) is 6.54 Å². The Labute approximate surface area is 98.5 Å². The number of thioether (sulfide) groups is 1. The Bertz CT molecular complexity index is 391. The fraction of sp³-hybridized carbons (Fsp3) is 0.273. The molecule has 0 aliphatic rings. The normalized spacial score (nSPS) is 10.5. The number of hydrogen-bond acceptors (Lipinski definition) is 5. The van der Waals surface area contributed by atoms with Crippen LogP contribution in [0, 0.1) is 0 Å². The molecule has 0 saturated heterocycles. The molecule has 0 atom stereocenters. The lowest BCUT2D eigenvalue weighted by molar-refractivity contribution is 0.488. The molecule has 0 fully saturated rings. The average Bonchev–Trinajstić information content (AvgIpc) is 2.83. The SMILES string of the molecule is c1cnc(SCCNCc2ccco2)nc1. The third-order valence-electron chi connectivity index (χ3n) is 1.93. The van der Waals surface area contributed by atoms with Crippen molar-refractivity contribution in [2.45, 2.75) is 11.7 Å². The van der Waals surface area contributed by atoms with Gasteiger partial charge in [-0.3, -0.25) is 0 Å². The van der Waals surface area contributed by atoms with Gasteiger partial charge in [-0.2, -0.15) is 0 Å². The molecule has 0 aromatic carbocycles. The van der Waals surface area contributed by atoms with Crippen molar-refractivity contribution < 1.29 is 4.42 Å². The summed E-state index contributed by atoms with van der Waals surface area (Å²) in [4.78, 5) is 8.26. The Morgan fingerprint density at radius 1 is 1.25 bits per heavy atom. The summed E-state index contributed by atoms with van der Waals surface area (Å²) in [5.41, 5.74) is 0. The van der Waals surface area contributed by atoms with Crippen LogP contribution in [0.25, 0.3) is 0 Å². The van der Waals surface area contributed by atoms with Gasteiger partial charge < -0.3 is 9.73 Å². The molecular weight excluding hydrogens is 222 g/mol. The average molecular weight is 235 g/mol. The van der Waals surface area contributed by atoms with Gasteiger partial charge in [-0.15, -0.1) is 0 Å². The summed E-state index contributed by atoms with van der Waals surface area (Å²) in [5, 5.41) is 4.11. The summed E-state index contributed by atoms with van der Waals surface area (Å²) < 4.78 is 5.20. The summed E-state index contributed by atoms with van der Waals surface area (Å²) in [6, 6.07) is 5.67. The number of aromatic nitrogens is 2. The number of furan rings is 1. The minimum absolute atomic E-state index is 0.767. The van der Waals surface area contributed by atoms with Crippen LogP contribution >= 0.6 is 11.8 Å². The van der Waals surface area contributed by atoms with E-state index in [1.807, 2.05) is 18.2 Å². The molecule has 4 nitrogen and oxygen atoms in total. The number of hydrogen-bond donors (Lipinski definition) is 1. The molecule has 0 aliphatic heterocycles. The van der Waals surface area contributed by atoms with Crippen molar-refractivity contribution in [2.24, 2.45) is 0 Å². The minimum Gasteiger partial charge on any atom is -0.468 e. The Kier molecular flexibility index (Phi) is 4.39. The van der Waals surface area contributed by atoms with Crippen LogP contribution in [0.1, 0.15) is 5.76 Å². The third-order valence-corrected chi connectivity index (χ3v) is 2.81. The lowest BCUT2D eigenvalue weighted by atomic mass is 10.4. The molecule has 0 unspecified atom stereocenters. The van der Waals surface area contributed by atoms with Gasteiger partial charge in [0, 0.05) is 24.7 Å². The number of nitrogens with zero attached hydrogens (tertiary/aromatic N) is 2. The third kappa shape index (κ3) is 3.67. The number of nitrogens with one attached hydrogen (secondary N) is 1. The van der Waals surface area contributed by atoms with E-state index in [-0.39, 0.29) is 0 Å². The Hall–Kier alpha value is -1.33. The molecule has 0 radical (unpaired) electrons. The maximum Gasteiger partial charge on any atom is 0.187 e. The summed E-state index contributed by atoms with van der Waals surface area (Å²) in [5.74, 6) is 1.91. The highest BCUT2D eigenvalue weighted by Crippen LogP contribution is 2.09. The Morgan fingerprint density at radius 2 is 2.12 bits per heavy atom. The molecule has 2 rings (SSSR count). The van der Waals surface area contributed by atoms with E-state index in [4.69, 9.17) is 4.42 Å². The van der Waals surface area contributed by atoms with E-state index >= 15 is 0 Å². The topological polar surface area (TPSA) is 51.0 Å². The molecule has 5 heteroatoms. The molecule has 0 aliphatic carbocycles. The van der Waals surface area contributed by atoms with Crippen molar-refractivity contribution in [3.8, 4) is 0 Å². The predicted octanol–water partition coefficient (Wildman–Crippen LogP) is 1.95. The quantitative estimate of drug-likeness (QED) is 0.471. The summed E-state index contributed by atoms with van der Waals surface area (Å²) in [7, 11) is 0. The second-order valence-electron chi connectivity index (χ2n) is 3.14. The van der Waals surface area contributed by atoms with Crippen LogP contribution in [0.5, 0.6) is 0 Å². The van der Waals surface area contributed by atoms with Crippen molar-refractivity contribution in [2.75, 3.05) is 12.3 Å². The van der Waals surface area contributed by atoms with E-state index < -0.39 is 0 Å². The molecule has 2 aromatic rings. The van der Waals surface area contributed by atoms with E-state index in [2.05, 4.69) is 15.3 Å². The smallest absolute Gasteiger partial charge is 0.187 e. The van der Waals surface area contributed by atoms with Crippen LogP contribution in [0.2, 0.25) is 0 Å². The maximum atomic E-state index is 5.20. The van der Waals surface area contributed by atoms with E-state index in [0.29, 0.717) is 0 Å². The minimum atomic E-state index is 0.767. The van der Waals surface area contributed by atoms with Gasteiger partial charge in [0.25, 0.3) is 0 Å². The lowest BCUT2D eigenvalue weighted by Gasteiger charge is -2.01. The first-order valence-electron chi connectivity index (χ1n) is 5.08. The zero-order valence-electron chi connectivity index (χ0n) is 8.80. The maximum absolute atomic E-state index is 5.20. The Morgan fingerprint density at radius 3 is 2.88 bits per heavy atom. The predicted molar refractivity (Wildman–Crippen MR) is 63.2 cm³/mol. The summed E-state index contributed by atoms with van der Waals surface area (Å²) in [6.07, 6.45) is 5.20. The second-order valence-corrected chi connectivity index (χ2v) is 4.20. The van der Waals surface area contributed by atoms with Crippen LogP contribution < -0.4 is 5.32 Å². The van der Waals surface area contributed by atoms with Gasteiger partial charge in [-0.05, 0) is 18.2 Å². The van der Waals surface area contributed by atoms with Crippen LogP contribution in [-0.4, -0.2) is 22.3 Å². The first-order chi connectivity index (χ1) is 7.95. The monoisotopic (exact) mass is 235 g/mol. The summed E-state index contributed by atoms with van der Waals surface area (Å²) in [6.45, 7) is 1.67. The van der Waals surface area contributed by atoms with Gasteiger partial charge in [-0.1, -0.05) is 11.8 Å². The fourth-order valence-electron chi connectivity index (χ4n) is 1.20. The van der Waals surface area contributed by atoms with Gasteiger partial charge in [0.15, 0.2) is 5.16 Å². The van der Waals surface area contributed by atoms with E-state index in [9.17, 15) is 0 Å². The molecule has 0 amide bonds. The second kappa shape index (κ2) is 6.30. The lowest BCUT2D eigenvalue weighted by Crippen LogP contribution is -2.16. The van der Waals surface area contributed by atoms with Gasteiger partial charge in [0.05, 0.1) is 12.8 Å². The zero-order valence-corrected chi connectivity index (χ0v) is 9.61. The fourth-order valence-corrected chi connectivity index (χ4v) is 1.90. The van der Waals surface area contributed by atoms with E-state index in [0.717, 1.165) is 29.8 Å². The molecule has 0 bridgehead atoms. The van der Waals surface area contributed by atoms with E-state index in [1.165, 1.54) is 0 Å². The first kappa shape index (κ1) is 11.2.